The third kappa shape index (κ3) is 2.49. The van der Waals surface area contributed by atoms with Gasteiger partial charge in [-0.1, -0.05) is 45.4 Å². The van der Waals surface area contributed by atoms with Crippen LogP contribution in [0.5, 0.6) is 0 Å². The number of carbonyl (C=O) groups is 1. The van der Waals surface area contributed by atoms with E-state index in [1.165, 1.54) is 51.4 Å². The highest BCUT2D eigenvalue weighted by Gasteiger charge is 2.40. The Morgan fingerprint density at radius 1 is 0.938 bits per heavy atom. The third-order valence-electron chi connectivity index (χ3n) is 4.99. The van der Waals surface area contributed by atoms with Crippen LogP contribution in [-0.4, -0.2) is 5.78 Å². The largest absolute Gasteiger partial charge is 0.299 e. The van der Waals surface area contributed by atoms with Crippen molar-refractivity contribution in [2.45, 2.75) is 77.6 Å². The van der Waals surface area contributed by atoms with Gasteiger partial charge in [-0.2, -0.15) is 0 Å². The summed E-state index contributed by atoms with van der Waals surface area (Å²) in [5, 5.41) is 0. The van der Waals surface area contributed by atoms with Gasteiger partial charge >= 0.3 is 0 Å². The van der Waals surface area contributed by atoms with Crippen LogP contribution in [0.15, 0.2) is 0 Å². The van der Waals surface area contributed by atoms with Crippen molar-refractivity contribution in [3.8, 4) is 0 Å². The van der Waals surface area contributed by atoms with Crippen molar-refractivity contribution in [3.05, 3.63) is 0 Å². The lowest BCUT2D eigenvalue weighted by Crippen LogP contribution is -2.35. The lowest BCUT2D eigenvalue weighted by atomic mass is 9.68. The Balaban J connectivity index is 2.10. The van der Waals surface area contributed by atoms with Crippen LogP contribution in [0.3, 0.4) is 0 Å². The molecule has 16 heavy (non-hydrogen) atoms. The molecule has 1 unspecified atom stereocenters. The number of ketones is 1. The molecule has 0 N–H and O–H groups in total. The Morgan fingerprint density at radius 2 is 1.56 bits per heavy atom. The van der Waals surface area contributed by atoms with Crippen LogP contribution in [0.25, 0.3) is 0 Å². The van der Waals surface area contributed by atoms with Crippen molar-refractivity contribution >= 4 is 5.78 Å². The summed E-state index contributed by atoms with van der Waals surface area (Å²) in [6, 6.07) is 0. The predicted molar refractivity (Wildman–Crippen MR) is 67.4 cm³/mol. The van der Waals surface area contributed by atoms with Gasteiger partial charge in [0.15, 0.2) is 0 Å². The summed E-state index contributed by atoms with van der Waals surface area (Å²) < 4.78 is 0. The topological polar surface area (TPSA) is 17.1 Å². The number of hydrogen-bond donors (Lipinski definition) is 0. The van der Waals surface area contributed by atoms with Crippen LogP contribution in [0.2, 0.25) is 0 Å². The first-order valence-corrected chi connectivity index (χ1v) is 7.27. The maximum atomic E-state index is 12.3. The molecule has 0 aromatic rings. The second kappa shape index (κ2) is 5.33. The summed E-state index contributed by atoms with van der Waals surface area (Å²) in [6.45, 7) is 2.27. The Morgan fingerprint density at radius 3 is 2.25 bits per heavy atom. The Bertz CT molecular complexity index is 238. The van der Waals surface area contributed by atoms with Crippen LogP contribution in [-0.2, 0) is 4.79 Å². The second-order valence-electron chi connectivity index (χ2n) is 6.09. The van der Waals surface area contributed by atoms with E-state index in [0.29, 0.717) is 11.7 Å². The molecule has 2 fully saturated rings. The molecule has 0 aliphatic heterocycles. The number of Topliss-reactive ketones (excluding diaryl/α,β-unsaturated/α-hetero) is 1. The maximum absolute atomic E-state index is 12.3. The fourth-order valence-electron chi connectivity index (χ4n) is 3.73. The zero-order valence-electron chi connectivity index (χ0n) is 10.8. The summed E-state index contributed by atoms with van der Waals surface area (Å²) in [6.07, 6.45) is 13.8. The van der Waals surface area contributed by atoms with Gasteiger partial charge in [0.2, 0.25) is 0 Å². The second-order valence-corrected chi connectivity index (χ2v) is 6.09. The SMILES string of the molecule is CC1(C2CCCCCC2)CCCCCC1=O. The van der Waals surface area contributed by atoms with Crippen molar-refractivity contribution in [2.75, 3.05) is 0 Å². The van der Waals surface area contributed by atoms with Crippen molar-refractivity contribution in [1.82, 2.24) is 0 Å². The molecule has 1 atom stereocenters. The van der Waals surface area contributed by atoms with Crippen LogP contribution < -0.4 is 0 Å². The van der Waals surface area contributed by atoms with Crippen LogP contribution in [0.1, 0.15) is 77.6 Å². The van der Waals surface area contributed by atoms with Gasteiger partial charge in [-0.3, -0.25) is 4.79 Å². The first-order chi connectivity index (χ1) is 7.73. The quantitative estimate of drug-likeness (QED) is 0.597. The molecule has 1 heteroatoms. The van der Waals surface area contributed by atoms with Crippen LogP contribution in [0.4, 0.5) is 0 Å². The molecule has 0 amide bonds. The Kier molecular flexibility index (Phi) is 4.05. The van der Waals surface area contributed by atoms with Crippen LogP contribution in [0, 0.1) is 11.3 Å². The zero-order chi connectivity index (χ0) is 11.4. The fourth-order valence-corrected chi connectivity index (χ4v) is 3.73. The first-order valence-electron chi connectivity index (χ1n) is 7.27. The van der Waals surface area contributed by atoms with E-state index in [0.717, 1.165) is 19.3 Å². The molecule has 2 aliphatic carbocycles. The first kappa shape index (κ1) is 12.1. The smallest absolute Gasteiger partial charge is 0.139 e. The summed E-state index contributed by atoms with van der Waals surface area (Å²) in [7, 11) is 0. The summed E-state index contributed by atoms with van der Waals surface area (Å²) in [4.78, 5) is 12.3. The average molecular weight is 222 g/mol. The van der Waals surface area contributed by atoms with E-state index in [-0.39, 0.29) is 5.41 Å². The normalized spacial score (nSPS) is 34.4. The third-order valence-corrected chi connectivity index (χ3v) is 4.99. The minimum atomic E-state index is 0.0425. The molecule has 92 valence electrons. The van der Waals surface area contributed by atoms with Crippen molar-refractivity contribution in [2.24, 2.45) is 11.3 Å². The minimum absolute atomic E-state index is 0.0425. The summed E-state index contributed by atoms with van der Waals surface area (Å²) in [5.41, 5.74) is 0.0425. The van der Waals surface area contributed by atoms with E-state index in [9.17, 15) is 4.79 Å². The Labute approximate surface area is 100.0 Å². The standard InChI is InChI=1S/C15H26O/c1-15(12-8-4-7-11-14(15)16)13-9-5-2-3-6-10-13/h13H,2-12H2,1H3. The van der Waals surface area contributed by atoms with Gasteiger partial charge in [0, 0.05) is 11.8 Å². The van der Waals surface area contributed by atoms with E-state index in [2.05, 4.69) is 6.92 Å². The van der Waals surface area contributed by atoms with E-state index in [1.54, 1.807) is 0 Å². The number of carbonyl (C=O) groups excluding carboxylic acids is 1. The maximum Gasteiger partial charge on any atom is 0.139 e. The molecule has 1 nitrogen and oxygen atoms in total. The molecule has 0 spiro atoms. The molecule has 0 radical (unpaired) electrons. The van der Waals surface area contributed by atoms with Gasteiger partial charge in [0.05, 0.1) is 0 Å². The minimum Gasteiger partial charge on any atom is -0.299 e. The van der Waals surface area contributed by atoms with E-state index in [1.807, 2.05) is 0 Å². The molecule has 0 bridgehead atoms. The number of hydrogen-bond acceptors (Lipinski definition) is 1. The monoisotopic (exact) mass is 222 g/mol. The van der Waals surface area contributed by atoms with Crippen LogP contribution >= 0.6 is 0 Å². The van der Waals surface area contributed by atoms with Gasteiger partial charge in [-0.15, -0.1) is 0 Å². The molecular formula is C15H26O. The average Bonchev–Trinajstić information content (AvgIpc) is 2.63. The zero-order valence-corrected chi connectivity index (χ0v) is 10.8. The van der Waals surface area contributed by atoms with Gasteiger partial charge in [0.1, 0.15) is 5.78 Å². The van der Waals surface area contributed by atoms with Crippen molar-refractivity contribution in [1.29, 1.82) is 0 Å². The van der Waals surface area contributed by atoms with Gasteiger partial charge < -0.3 is 0 Å². The van der Waals surface area contributed by atoms with E-state index >= 15 is 0 Å². The number of rotatable bonds is 1. The lowest BCUT2D eigenvalue weighted by molar-refractivity contribution is -0.131. The molecule has 0 saturated heterocycles. The lowest BCUT2D eigenvalue weighted by Gasteiger charge is -2.35. The summed E-state index contributed by atoms with van der Waals surface area (Å²) >= 11 is 0. The molecule has 2 aliphatic rings. The van der Waals surface area contributed by atoms with Gasteiger partial charge in [0.25, 0.3) is 0 Å². The highest BCUT2D eigenvalue weighted by atomic mass is 16.1. The fraction of sp³-hybridized carbons (Fsp3) is 0.933. The van der Waals surface area contributed by atoms with E-state index < -0.39 is 0 Å². The molecule has 2 rings (SSSR count). The van der Waals surface area contributed by atoms with Gasteiger partial charge in [-0.05, 0) is 31.6 Å². The molecule has 0 heterocycles. The molecule has 2 saturated carbocycles. The predicted octanol–water partition coefficient (Wildman–Crippen LogP) is 4.50. The highest BCUT2D eigenvalue weighted by Crippen LogP contribution is 2.44. The van der Waals surface area contributed by atoms with E-state index in [4.69, 9.17) is 0 Å². The molecule has 0 aromatic carbocycles. The Hall–Kier alpha value is -0.330. The van der Waals surface area contributed by atoms with Crippen molar-refractivity contribution in [3.63, 3.8) is 0 Å². The van der Waals surface area contributed by atoms with Gasteiger partial charge in [-0.25, -0.2) is 0 Å². The van der Waals surface area contributed by atoms with Crippen molar-refractivity contribution < 1.29 is 4.79 Å². The highest BCUT2D eigenvalue weighted by molar-refractivity contribution is 5.85. The molecular weight excluding hydrogens is 196 g/mol. The summed E-state index contributed by atoms with van der Waals surface area (Å²) in [5.74, 6) is 1.28. The molecule has 0 aromatic heterocycles.